The molecule has 1 amide bonds. The first-order chi connectivity index (χ1) is 13.9. The van der Waals surface area contributed by atoms with Crippen LogP contribution in [-0.2, 0) is 11.3 Å². The van der Waals surface area contributed by atoms with Gasteiger partial charge in [-0.25, -0.2) is 23.4 Å². The SMILES string of the molecule is O=C(Cn1nc(O[C@H]2C[C@@H](F)C2)c2cc(Br)ccc2c1=O)Nc1ncc(F)cn1. The number of nitrogens with one attached hydrogen (secondary N) is 1. The van der Waals surface area contributed by atoms with Crippen molar-refractivity contribution in [3.8, 4) is 5.88 Å². The summed E-state index contributed by atoms with van der Waals surface area (Å²) in [4.78, 5) is 32.3. The van der Waals surface area contributed by atoms with Gasteiger partial charge in [0.05, 0.1) is 23.2 Å². The molecule has 8 nitrogen and oxygen atoms in total. The van der Waals surface area contributed by atoms with Crippen molar-refractivity contribution < 1.29 is 18.3 Å². The topological polar surface area (TPSA) is 99.0 Å². The smallest absolute Gasteiger partial charge is 0.275 e. The van der Waals surface area contributed by atoms with Crippen molar-refractivity contribution in [2.24, 2.45) is 0 Å². The number of nitrogens with zero attached hydrogens (tertiary/aromatic N) is 4. The number of rotatable bonds is 5. The first kappa shape index (κ1) is 19.4. The van der Waals surface area contributed by atoms with Gasteiger partial charge in [0.1, 0.15) is 18.8 Å². The minimum absolute atomic E-state index is 0.103. The number of alkyl halides is 1. The zero-order valence-corrected chi connectivity index (χ0v) is 16.4. The zero-order valence-electron chi connectivity index (χ0n) is 14.8. The molecule has 11 heteroatoms. The van der Waals surface area contributed by atoms with Gasteiger partial charge in [-0.2, -0.15) is 0 Å². The second-order valence-corrected chi connectivity index (χ2v) is 7.46. The van der Waals surface area contributed by atoms with E-state index in [2.05, 4.69) is 36.3 Å². The lowest BCUT2D eigenvalue weighted by molar-refractivity contribution is -0.117. The summed E-state index contributed by atoms with van der Waals surface area (Å²) in [6, 6.07) is 4.96. The molecule has 4 rings (SSSR count). The van der Waals surface area contributed by atoms with Crippen LogP contribution >= 0.6 is 15.9 Å². The number of carbonyl (C=O) groups is 1. The van der Waals surface area contributed by atoms with Crippen LogP contribution in [0.2, 0.25) is 0 Å². The van der Waals surface area contributed by atoms with E-state index >= 15 is 0 Å². The number of halogens is 3. The molecular weight excluding hydrogens is 452 g/mol. The van der Waals surface area contributed by atoms with Gasteiger partial charge < -0.3 is 4.74 Å². The van der Waals surface area contributed by atoms with Crippen LogP contribution < -0.4 is 15.6 Å². The lowest BCUT2D eigenvalue weighted by Gasteiger charge is -2.29. The number of hydrogen-bond acceptors (Lipinski definition) is 6. The maximum atomic E-state index is 13.1. The molecule has 0 saturated heterocycles. The van der Waals surface area contributed by atoms with E-state index in [0.717, 1.165) is 21.5 Å². The van der Waals surface area contributed by atoms with Crippen LogP contribution in [0.3, 0.4) is 0 Å². The highest BCUT2D eigenvalue weighted by molar-refractivity contribution is 9.10. The number of ether oxygens (including phenoxy) is 1. The summed E-state index contributed by atoms with van der Waals surface area (Å²) in [6.07, 6.45) is 1.06. The van der Waals surface area contributed by atoms with E-state index < -0.39 is 30.0 Å². The van der Waals surface area contributed by atoms with Crippen molar-refractivity contribution >= 4 is 38.6 Å². The molecule has 1 N–H and O–H groups in total. The van der Waals surface area contributed by atoms with Crippen molar-refractivity contribution in [2.45, 2.75) is 31.7 Å². The Kier molecular flexibility index (Phi) is 5.22. The average Bonchev–Trinajstić information content (AvgIpc) is 2.66. The Labute approximate surface area is 171 Å². The summed E-state index contributed by atoms with van der Waals surface area (Å²) in [5.74, 6) is -1.23. The Bertz CT molecular complexity index is 1130. The van der Waals surface area contributed by atoms with Gasteiger partial charge in [0, 0.05) is 17.3 Å². The Hall–Kier alpha value is -2.95. The number of anilines is 1. The normalized spacial score (nSPS) is 18.3. The quantitative estimate of drug-likeness (QED) is 0.621. The van der Waals surface area contributed by atoms with Gasteiger partial charge in [-0.15, -0.1) is 5.10 Å². The molecule has 3 aromatic rings. The summed E-state index contributed by atoms with van der Waals surface area (Å²) in [5.41, 5.74) is -0.494. The molecule has 1 aliphatic carbocycles. The molecule has 0 unspecified atom stereocenters. The van der Waals surface area contributed by atoms with Crippen LogP contribution in [0.25, 0.3) is 10.8 Å². The molecule has 150 valence electrons. The van der Waals surface area contributed by atoms with Crippen LogP contribution in [0.1, 0.15) is 12.8 Å². The first-order valence-corrected chi connectivity index (χ1v) is 9.47. The van der Waals surface area contributed by atoms with Crippen molar-refractivity contribution in [1.29, 1.82) is 0 Å². The maximum Gasteiger partial charge on any atom is 0.275 e. The third-order valence-electron chi connectivity index (χ3n) is 4.37. The maximum absolute atomic E-state index is 13.1. The van der Waals surface area contributed by atoms with E-state index in [1.165, 1.54) is 0 Å². The van der Waals surface area contributed by atoms with Crippen LogP contribution in [-0.4, -0.2) is 37.9 Å². The van der Waals surface area contributed by atoms with Gasteiger partial charge in [0.2, 0.25) is 17.7 Å². The van der Waals surface area contributed by atoms with Crippen molar-refractivity contribution in [3.63, 3.8) is 0 Å². The van der Waals surface area contributed by atoms with Crippen molar-refractivity contribution in [1.82, 2.24) is 19.7 Å². The fraction of sp³-hybridized carbons (Fsp3) is 0.278. The fourth-order valence-electron chi connectivity index (χ4n) is 2.85. The van der Waals surface area contributed by atoms with E-state index in [1.54, 1.807) is 18.2 Å². The molecule has 1 aliphatic rings. The average molecular weight is 466 g/mol. The van der Waals surface area contributed by atoms with Crippen LogP contribution in [0.4, 0.5) is 14.7 Å². The molecule has 0 spiro atoms. The monoisotopic (exact) mass is 465 g/mol. The highest BCUT2D eigenvalue weighted by atomic mass is 79.9. The number of aromatic nitrogens is 4. The third-order valence-corrected chi connectivity index (χ3v) is 4.86. The van der Waals surface area contributed by atoms with Gasteiger partial charge >= 0.3 is 0 Å². The molecule has 1 saturated carbocycles. The molecule has 0 aliphatic heterocycles. The van der Waals surface area contributed by atoms with Gasteiger partial charge in [-0.1, -0.05) is 15.9 Å². The standard InChI is InChI=1S/C18H14BrF2N5O3/c19-9-1-2-13-14(3-9)16(29-12-4-10(20)5-12)25-26(17(13)28)8-15(27)24-18-22-6-11(21)7-23-18/h1-3,6-7,10,12H,4-5,8H2,(H,22,23,24,27)/t10-,12+. The summed E-state index contributed by atoms with van der Waals surface area (Å²) >= 11 is 3.34. The molecule has 0 atom stereocenters. The lowest BCUT2D eigenvalue weighted by Crippen LogP contribution is -2.36. The lowest BCUT2D eigenvalue weighted by atomic mass is 9.94. The van der Waals surface area contributed by atoms with Gasteiger partial charge in [-0.3, -0.25) is 14.9 Å². The Morgan fingerprint density at radius 2 is 2.00 bits per heavy atom. The molecule has 1 fully saturated rings. The number of carbonyl (C=O) groups excluding carboxylic acids is 1. The summed E-state index contributed by atoms with van der Waals surface area (Å²) in [5, 5.41) is 7.29. The fourth-order valence-corrected chi connectivity index (χ4v) is 3.22. The Morgan fingerprint density at radius 1 is 1.28 bits per heavy atom. The number of hydrogen-bond donors (Lipinski definition) is 1. The summed E-state index contributed by atoms with van der Waals surface area (Å²) in [6.45, 7) is -0.432. The molecule has 0 bridgehead atoms. The predicted molar refractivity (Wildman–Crippen MR) is 103 cm³/mol. The summed E-state index contributed by atoms with van der Waals surface area (Å²) < 4.78 is 33.5. The largest absolute Gasteiger partial charge is 0.473 e. The molecular formula is C18H14BrF2N5O3. The number of amides is 1. The molecule has 1 aromatic carbocycles. The number of benzene rings is 1. The van der Waals surface area contributed by atoms with E-state index in [0.29, 0.717) is 10.8 Å². The Morgan fingerprint density at radius 3 is 2.69 bits per heavy atom. The molecule has 2 aromatic heterocycles. The molecule has 29 heavy (non-hydrogen) atoms. The second-order valence-electron chi connectivity index (χ2n) is 6.54. The molecule has 2 heterocycles. The van der Waals surface area contributed by atoms with Crippen LogP contribution in [0.5, 0.6) is 5.88 Å². The van der Waals surface area contributed by atoms with E-state index in [1.807, 2.05) is 0 Å². The van der Waals surface area contributed by atoms with E-state index in [4.69, 9.17) is 4.74 Å². The minimum Gasteiger partial charge on any atom is -0.473 e. The predicted octanol–water partition coefficient (Wildman–Crippen LogP) is 2.61. The summed E-state index contributed by atoms with van der Waals surface area (Å²) in [7, 11) is 0. The minimum atomic E-state index is -0.912. The second kappa shape index (κ2) is 7.82. The van der Waals surface area contributed by atoms with Crippen molar-refractivity contribution in [3.05, 3.63) is 51.2 Å². The van der Waals surface area contributed by atoms with E-state index in [-0.39, 0.29) is 30.8 Å². The molecule has 0 radical (unpaired) electrons. The third kappa shape index (κ3) is 4.24. The van der Waals surface area contributed by atoms with E-state index in [9.17, 15) is 18.4 Å². The zero-order chi connectivity index (χ0) is 20.5. The first-order valence-electron chi connectivity index (χ1n) is 8.67. The highest BCUT2D eigenvalue weighted by Gasteiger charge is 2.32. The Balaban J connectivity index is 1.63. The van der Waals surface area contributed by atoms with Gasteiger partial charge in [0.25, 0.3) is 5.56 Å². The number of fused-ring (bicyclic) bond motifs is 1. The van der Waals surface area contributed by atoms with Crippen LogP contribution in [0, 0.1) is 5.82 Å². The van der Waals surface area contributed by atoms with Crippen LogP contribution in [0.15, 0.2) is 39.9 Å². The van der Waals surface area contributed by atoms with Crippen molar-refractivity contribution in [2.75, 3.05) is 5.32 Å². The van der Waals surface area contributed by atoms with Gasteiger partial charge in [0.15, 0.2) is 5.82 Å². The highest BCUT2D eigenvalue weighted by Crippen LogP contribution is 2.31. The van der Waals surface area contributed by atoms with Gasteiger partial charge in [-0.05, 0) is 18.2 Å².